The summed E-state index contributed by atoms with van der Waals surface area (Å²) in [6.45, 7) is 8.40. The predicted molar refractivity (Wildman–Crippen MR) is 136 cm³/mol. The zero-order chi connectivity index (χ0) is 27.0. The van der Waals surface area contributed by atoms with Crippen molar-refractivity contribution in [3.8, 4) is 0 Å². The number of nitrogens with one attached hydrogen (secondary N) is 3. The largest absolute Gasteiger partial charge is 0.480 e. The molecule has 11 heteroatoms. The van der Waals surface area contributed by atoms with Crippen LogP contribution in [0.25, 0.3) is 0 Å². The predicted octanol–water partition coefficient (Wildman–Crippen LogP) is 0.203. The van der Waals surface area contributed by atoms with Crippen LogP contribution < -0.4 is 33.2 Å². The van der Waals surface area contributed by atoms with Crippen LogP contribution in [0.3, 0.4) is 0 Å². The summed E-state index contributed by atoms with van der Waals surface area (Å²) in [5, 5.41) is 17.5. The Balaban J connectivity index is 5.49. The Morgan fingerprint density at radius 3 is 1.80 bits per heavy atom. The summed E-state index contributed by atoms with van der Waals surface area (Å²) in [5.41, 5.74) is 17.0. The number of carboxylic acid groups (broad SMARTS) is 1. The van der Waals surface area contributed by atoms with Crippen molar-refractivity contribution >= 4 is 23.7 Å². The fourth-order valence-corrected chi connectivity index (χ4v) is 3.59. The van der Waals surface area contributed by atoms with Crippen LogP contribution >= 0.6 is 0 Å². The smallest absolute Gasteiger partial charge is 0.326 e. The summed E-state index contributed by atoms with van der Waals surface area (Å²) in [4.78, 5) is 50.4. The maximum absolute atomic E-state index is 13.2. The van der Waals surface area contributed by atoms with Crippen molar-refractivity contribution in [1.29, 1.82) is 0 Å². The van der Waals surface area contributed by atoms with Crippen LogP contribution in [0.1, 0.15) is 79.1 Å². The fraction of sp³-hybridized carbons (Fsp3) is 0.833. The average Bonchev–Trinajstić information content (AvgIpc) is 2.80. The Labute approximate surface area is 209 Å². The van der Waals surface area contributed by atoms with E-state index in [-0.39, 0.29) is 18.3 Å². The first kappa shape index (κ1) is 32.8. The molecule has 3 amide bonds. The maximum Gasteiger partial charge on any atom is 0.326 e. The van der Waals surface area contributed by atoms with Crippen LogP contribution in [-0.2, 0) is 19.2 Å². The van der Waals surface area contributed by atoms with Gasteiger partial charge in [-0.05, 0) is 63.5 Å². The first-order chi connectivity index (χ1) is 16.5. The van der Waals surface area contributed by atoms with E-state index in [1.807, 2.05) is 27.7 Å². The molecule has 0 aliphatic carbocycles. The summed E-state index contributed by atoms with van der Waals surface area (Å²) in [6.07, 6.45) is 4.30. The Morgan fingerprint density at radius 2 is 1.31 bits per heavy atom. The molecule has 0 rings (SSSR count). The van der Waals surface area contributed by atoms with E-state index < -0.39 is 47.9 Å². The van der Waals surface area contributed by atoms with E-state index in [4.69, 9.17) is 17.2 Å². The van der Waals surface area contributed by atoms with Gasteiger partial charge in [-0.1, -0.05) is 40.5 Å². The molecule has 5 atom stereocenters. The first-order valence-electron chi connectivity index (χ1n) is 12.8. The summed E-state index contributed by atoms with van der Waals surface area (Å²) in [5.74, 6) is -2.81. The van der Waals surface area contributed by atoms with Crippen molar-refractivity contribution in [3.63, 3.8) is 0 Å². The lowest BCUT2D eigenvalue weighted by atomic mass is 9.96. The minimum Gasteiger partial charge on any atom is -0.480 e. The number of carboxylic acids is 1. The lowest BCUT2D eigenvalue weighted by Crippen LogP contribution is -2.58. The Kier molecular flexibility index (Phi) is 16.9. The van der Waals surface area contributed by atoms with Gasteiger partial charge in [0, 0.05) is 0 Å². The van der Waals surface area contributed by atoms with E-state index in [1.54, 1.807) is 0 Å². The zero-order valence-electron chi connectivity index (χ0n) is 21.8. The lowest BCUT2D eigenvalue weighted by Gasteiger charge is -2.28. The van der Waals surface area contributed by atoms with E-state index >= 15 is 0 Å². The molecule has 11 nitrogen and oxygen atoms in total. The highest BCUT2D eigenvalue weighted by molar-refractivity contribution is 5.94. The quantitative estimate of drug-likeness (QED) is 0.122. The number of rotatable bonds is 19. The molecule has 0 aromatic carbocycles. The van der Waals surface area contributed by atoms with Gasteiger partial charge in [0.2, 0.25) is 17.7 Å². The van der Waals surface area contributed by atoms with Crippen LogP contribution in [0.4, 0.5) is 0 Å². The number of unbranched alkanes of at least 4 members (excludes halogenated alkanes) is 2. The molecular formula is C24H48N6O5. The highest BCUT2D eigenvalue weighted by Crippen LogP contribution is 2.12. The van der Waals surface area contributed by atoms with Gasteiger partial charge in [-0.3, -0.25) is 14.4 Å². The van der Waals surface area contributed by atoms with Gasteiger partial charge in [0.1, 0.15) is 18.1 Å². The van der Waals surface area contributed by atoms with E-state index in [2.05, 4.69) is 16.0 Å². The molecule has 0 saturated carbocycles. The number of carbonyl (C=O) groups excluding carboxylic acids is 3. The molecule has 204 valence electrons. The summed E-state index contributed by atoms with van der Waals surface area (Å²) in [6, 6.07) is -3.67. The molecule has 0 radical (unpaired) electrons. The zero-order valence-corrected chi connectivity index (χ0v) is 21.8. The van der Waals surface area contributed by atoms with Gasteiger partial charge in [-0.25, -0.2) is 4.79 Å². The van der Waals surface area contributed by atoms with E-state index in [9.17, 15) is 24.3 Å². The number of amides is 3. The highest BCUT2D eigenvalue weighted by atomic mass is 16.4. The molecule has 0 bridgehead atoms. The van der Waals surface area contributed by atoms with Crippen LogP contribution in [0.2, 0.25) is 0 Å². The maximum atomic E-state index is 13.2. The summed E-state index contributed by atoms with van der Waals surface area (Å²) < 4.78 is 0. The van der Waals surface area contributed by atoms with E-state index in [0.717, 1.165) is 6.42 Å². The van der Waals surface area contributed by atoms with Crippen LogP contribution in [0, 0.1) is 11.8 Å². The second-order valence-corrected chi connectivity index (χ2v) is 9.64. The Hall–Kier alpha value is -2.24. The van der Waals surface area contributed by atoms with Crippen molar-refractivity contribution < 1.29 is 24.3 Å². The van der Waals surface area contributed by atoms with Crippen molar-refractivity contribution in [3.05, 3.63) is 0 Å². The molecule has 5 unspecified atom stereocenters. The monoisotopic (exact) mass is 500 g/mol. The van der Waals surface area contributed by atoms with Gasteiger partial charge >= 0.3 is 5.97 Å². The van der Waals surface area contributed by atoms with Crippen LogP contribution in [0.5, 0.6) is 0 Å². The molecule has 0 saturated heterocycles. The third-order valence-electron chi connectivity index (χ3n) is 6.00. The normalized spacial score (nSPS) is 15.5. The molecule has 0 aromatic rings. The number of hydrogen-bond donors (Lipinski definition) is 7. The molecule has 10 N–H and O–H groups in total. The molecule has 0 heterocycles. The van der Waals surface area contributed by atoms with Gasteiger partial charge in [0.15, 0.2) is 0 Å². The highest BCUT2D eigenvalue weighted by Gasteiger charge is 2.32. The molecule has 0 fully saturated rings. The topological polar surface area (TPSA) is 203 Å². The van der Waals surface area contributed by atoms with Gasteiger partial charge in [-0.2, -0.15) is 0 Å². The molecule has 35 heavy (non-hydrogen) atoms. The van der Waals surface area contributed by atoms with Crippen molar-refractivity contribution in [1.82, 2.24) is 16.0 Å². The summed E-state index contributed by atoms with van der Waals surface area (Å²) in [7, 11) is 0. The van der Waals surface area contributed by atoms with E-state index in [1.165, 1.54) is 0 Å². The average molecular weight is 501 g/mol. The standard InChI is InChI=1S/C24H48N6O5/c1-5-16(4)20(30-21(31)17(27)10-6-8-12-25)23(33)28-18(11-7-9-13-26)22(32)29-19(24(34)35)14-15(2)3/h15-20H,5-14,25-27H2,1-4H3,(H,28,33)(H,29,32)(H,30,31)(H,34,35). The Bertz CT molecular complexity index is 660. The second kappa shape index (κ2) is 18.1. The molecule has 0 aromatic heterocycles. The van der Waals surface area contributed by atoms with Crippen molar-refractivity contribution in [2.75, 3.05) is 13.1 Å². The SMILES string of the molecule is CCC(C)C(NC(=O)C(N)CCCCN)C(=O)NC(CCCCN)C(=O)NC(CC(C)C)C(=O)O. The number of nitrogens with two attached hydrogens (primary N) is 3. The van der Waals surface area contributed by atoms with Crippen molar-refractivity contribution in [2.45, 2.75) is 103 Å². The third kappa shape index (κ3) is 13.4. The number of carbonyl (C=O) groups is 4. The number of aliphatic carboxylic acids is 1. The number of hydrogen-bond acceptors (Lipinski definition) is 7. The molecule has 0 aliphatic rings. The summed E-state index contributed by atoms with van der Waals surface area (Å²) >= 11 is 0. The van der Waals surface area contributed by atoms with Gasteiger partial charge in [0.05, 0.1) is 6.04 Å². The first-order valence-corrected chi connectivity index (χ1v) is 12.8. The van der Waals surface area contributed by atoms with Gasteiger partial charge in [-0.15, -0.1) is 0 Å². The minimum absolute atomic E-state index is 0.0562. The lowest BCUT2D eigenvalue weighted by molar-refractivity contribution is -0.143. The fourth-order valence-electron chi connectivity index (χ4n) is 3.59. The van der Waals surface area contributed by atoms with E-state index in [0.29, 0.717) is 51.6 Å². The van der Waals surface area contributed by atoms with Gasteiger partial charge in [0.25, 0.3) is 0 Å². The molecular weight excluding hydrogens is 452 g/mol. The molecule has 0 aliphatic heterocycles. The van der Waals surface area contributed by atoms with Gasteiger partial charge < -0.3 is 38.3 Å². The minimum atomic E-state index is -1.13. The third-order valence-corrected chi connectivity index (χ3v) is 6.00. The second-order valence-electron chi connectivity index (χ2n) is 9.64. The Morgan fingerprint density at radius 1 is 0.771 bits per heavy atom. The van der Waals surface area contributed by atoms with Crippen molar-refractivity contribution in [2.24, 2.45) is 29.0 Å². The molecule has 0 spiro atoms. The van der Waals surface area contributed by atoms with Crippen LogP contribution in [-0.4, -0.2) is 66.1 Å². The van der Waals surface area contributed by atoms with Crippen LogP contribution in [0.15, 0.2) is 0 Å².